The summed E-state index contributed by atoms with van der Waals surface area (Å²) in [4.78, 5) is 2.47. The van der Waals surface area contributed by atoms with Gasteiger partial charge in [0.15, 0.2) is 0 Å². The molecule has 0 unspecified atom stereocenters. The lowest BCUT2D eigenvalue weighted by atomic mass is 9.85. The molecule has 11 rings (SSSR count). The first kappa shape index (κ1) is 32.0. The van der Waals surface area contributed by atoms with E-state index in [-0.39, 0.29) is 0 Å². The van der Waals surface area contributed by atoms with Crippen molar-refractivity contribution in [2.45, 2.75) is 0 Å². The van der Waals surface area contributed by atoms with Gasteiger partial charge in [-0.3, -0.25) is 0 Å². The van der Waals surface area contributed by atoms with Crippen molar-refractivity contribution >= 4 is 71.2 Å². The summed E-state index contributed by atoms with van der Waals surface area (Å²) in [5.41, 5.74) is 11.7. The van der Waals surface area contributed by atoms with E-state index < -0.39 is 0 Å². The molecule has 0 bridgehead atoms. The third-order valence-corrected chi connectivity index (χ3v) is 11.3. The van der Waals surface area contributed by atoms with Gasteiger partial charge in [0, 0.05) is 27.8 Å². The van der Waals surface area contributed by atoms with Gasteiger partial charge in [0.25, 0.3) is 0 Å². The van der Waals surface area contributed by atoms with Crippen LogP contribution in [0.5, 0.6) is 0 Å². The van der Waals surface area contributed by atoms with Crippen molar-refractivity contribution < 1.29 is 0 Å². The van der Waals surface area contributed by atoms with E-state index >= 15 is 0 Å². The van der Waals surface area contributed by atoms with E-state index in [1.165, 1.54) is 76.4 Å². The van der Waals surface area contributed by atoms with Crippen LogP contribution in [0.15, 0.2) is 218 Å². The molecule has 262 valence electrons. The van der Waals surface area contributed by atoms with Crippen LogP contribution in [0.4, 0.5) is 17.1 Å². The SMILES string of the molecule is c1ccc(-c2c(-c3ccccc3)c3cc(N(c4ccc5ccccc5c4)c4cccc5c4c4ccccc4n5-c4ccccc4)ccc3c3ccccc23)cc1. The molecule has 0 atom stereocenters. The van der Waals surface area contributed by atoms with E-state index in [1.807, 2.05) is 0 Å². The molecule has 10 aromatic carbocycles. The van der Waals surface area contributed by atoms with E-state index in [2.05, 4.69) is 228 Å². The smallest absolute Gasteiger partial charge is 0.0562 e. The highest BCUT2D eigenvalue weighted by atomic mass is 15.1. The molecule has 0 saturated heterocycles. The van der Waals surface area contributed by atoms with Crippen LogP contribution in [0.25, 0.3) is 82.1 Å². The molecule has 2 heteroatoms. The molecule has 1 heterocycles. The molecule has 0 fully saturated rings. The first-order chi connectivity index (χ1) is 27.8. The van der Waals surface area contributed by atoms with Crippen LogP contribution in [-0.4, -0.2) is 4.57 Å². The average Bonchev–Trinajstić information content (AvgIpc) is 3.62. The Bertz CT molecular complexity index is 3240. The lowest BCUT2D eigenvalue weighted by Gasteiger charge is -2.28. The first-order valence-corrected chi connectivity index (χ1v) is 19.3. The molecular formula is C54H36N2. The lowest BCUT2D eigenvalue weighted by Crippen LogP contribution is -2.10. The molecule has 0 aliphatic rings. The Hall–Kier alpha value is -7.42. The summed E-state index contributed by atoms with van der Waals surface area (Å²) in [6.45, 7) is 0. The Morgan fingerprint density at radius 2 is 0.857 bits per heavy atom. The summed E-state index contributed by atoms with van der Waals surface area (Å²) in [6.07, 6.45) is 0. The summed E-state index contributed by atoms with van der Waals surface area (Å²) in [5, 5.41) is 9.82. The highest BCUT2D eigenvalue weighted by molar-refractivity contribution is 6.23. The zero-order chi connectivity index (χ0) is 37.0. The number of para-hydroxylation sites is 2. The van der Waals surface area contributed by atoms with Crippen molar-refractivity contribution in [2.24, 2.45) is 0 Å². The van der Waals surface area contributed by atoms with Crippen LogP contribution in [-0.2, 0) is 0 Å². The summed E-state index contributed by atoms with van der Waals surface area (Å²) in [5.74, 6) is 0. The van der Waals surface area contributed by atoms with Gasteiger partial charge in [0.1, 0.15) is 0 Å². The molecule has 0 N–H and O–H groups in total. The van der Waals surface area contributed by atoms with Gasteiger partial charge in [-0.05, 0) is 109 Å². The molecule has 1 aromatic heterocycles. The molecule has 0 aliphatic carbocycles. The summed E-state index contributed by atoms with van der Waals surface area (Å²) in [6, 6.07) is 79.6. The largest absolute Gasteiger partial charge is 0.310 e. The van der Waals surface area contributed by atoms with Gasteiger partial charge in [-0.2, -0.15) is 0 Å². The predicted molar refractivity (Wildman–Crippen MR) is 239 cm³/mol. The van der Waals surface area contributed by atoms with E-state index in [0.717, 1.165) is 22.7 Å². The van der Waals surface area contributed by atoms with Crippen molar-refractivity contribution in [3.05, 3.63) is 218 Å². The molecule has 0 amide bonds. The van der Waals surface area contributed by atoms with E-state index in [1.54, 1.807) is 0 Å². The third-order valence-electron chi connectivity index (χ3n) is 11.3. The summed E-state index contributed by atoms with van der Waals surface area (Å²) >= 11 is 0. The number of aromatic nitrogens is 1. The second-order valence-electron chi connectivity index (χ2n) is 14.5. The fourth-order valence-corrected chi connectivity index (χ4v) is 8.91. The van der Waals surface area contributed by atoms with Gasteiger partial charge < -0.3 is 9.47 Å². The van der Waals surface area contributed by atoms with Crippen molar-refractivity contribution in [3.8, 4) is 27.9 Å². The molecule has 2 nitrogen and oxygen atoms in total. The van der Waals surface area contributed by atoms with Gasteiger partial charge >= 0.3 is 0 Å². The van der Waals surface area contributed by atoms with Gasteiger partial charge in [0.05, 0.1) is 16.7 Å². The van der Waals surface area contributed by atoms with Crippen molar-refractivity contribution in [2.75, 3.05) is 4.90 Å². The summed E-state index contributed by atoms with van der Waals surface area (Å²) < 4.78 is 2.40. The monoisotopic (exact) mass is 712 g/mol. The van der Waals surface area contributed by atoms with Crippen LogP contribution in [0.2, 0.25) is 0 Å². The lowest BCUT2D eigenvalue weighted by molar-refractivity contribution is 1.18. The zero-order valence-electron chi connectivity index (χ0n) is 30.7. The van der Waals surface area contributed by atoms with Crippen molar-refractivity contribution in [3.63, 3.8) is 0 Å². The van der Waals surface area contributed by atoms with Crippen molar-refractivity contribution in [1.82, 2.24) is 4.57 Å². The van der Waals surface area contributed by atoms with E-state index in [0.29, 0.717) is 0 Å². The highest BCUT2D eigenvalue weighted by Crippen LogP contribution is 2.49. The molecular weight excluding hydrogens is 677 g/mol. The maximum absolute atomic E-state index is 2.47. The highest BCUT2D eigenvalue weighted by Gasteiger charge is 2.23. The molecule has 56 heavy (non-hydrogen) atoms. The molecule has 0 aliphatic heterocycles. The Kier molecular flexibility index (Phi) is 7.53. The third kappa shape index (κ3) is 5.11. The van der Waals surface area contributed by atoms with Crippen LogP contribution in [0.1, 0.15) is 0 Å². The standard InChI is InChI=1S/C54H36N2/c1-4-18-38(19-5-1)52-46-26-13-12-25-44(46)45-34-33-43(36-48(45)53(52)39-20-6-2-7-21-39)55(42-32-31-37-17-10-11-22-40(37)35-42)50-29-16-30-51-54(50)47-27-14-15-28-49(47)56(51)41-23-8-3-9-24-41/h1-36H. The van der Waals surface area contributed by atoms with Crippen molar-refractivity contribution in [1.29, 1.82) is 0 Å². The molecule has 11 aromatic rings. The average molecular weight is 713 g/mol. The first-order valence-electron chi connectivity index (χ1n) is 19.3. The normalized spacial score (nSPS) is 11.6. The van der Waals surface area contributed by atoms with E-state index in [9.17, 15) is 0 Å². The maximum Gasteiger partial charge on any atom is 0.0562 e. The number of rotatable bonds is 6. The topological polar surface area (TPSA) is 8.17 Å². The van der Waals surface area contributed by atoms with Crippen LogP contribution < -0.4 is 4.90 Å². The number of hydrogen-bond acceptors (Lipinski definition) is 1. The Morgan fingerprint density at radius 1 is 0.321 bits per heavy atom. The fraction of sp³-hybridized carbons (Fsp3) is 0. The van der Waals surface area contributed by atoms with Gasteiger partial charge in [-0.1, -0.05) is 164 Å². The second-order valence-corrected chi connectivity index (χ2v) is 14.5. The predicted octanol–water partition coefficient (Wildman–Crippen LogP) is 15.0. The van der Waals surface area contributed by atoms with Crippen LogP contribution in [0, 0.1) is 0 Å². The minimum Gasteiger partial charge on any atom is -0.310 e. The second kappa shape index (κ2) is 13.2. The number of nitrogens with zero attached hydrogens (tertiary/aromatic N) is 2. The summed E-state index contributed by atoms with van der Waals surface area (Å²) in [7, 11) is 0. The number of fused-ring (bicyclic) bond motifs is 7. The number of benzene rings is 10. The quantitative estimate of drug-likeness (QED) is 0.156. The Balaban J connectivity index is 1.27. The van der Waals surface area contributed by atoms with Gasteiger partial charge in [-0.15, -0.1) is 0 Å². The van der Waals surface area contributed by atoms with Gasteiger partial charge in [-0.25, -0.2) is 0 Å². The Morgan fingerprint density at radius 3 is 1.61 bits per heavy atom. The van der Waals surface area contributed by atoms with E-state index in [4.69, 9.17) is 0 Å². The zero-order valence-corrected chi connectivity index (χ0v) is 30.7. The Labute approximate surface area is 325 Å². The minimum atomic E-state index is 1.10. The van der Waals surface area contributed by atoms with Crippen LogP contribution >= 0.6 is 0 Å². The van der Waals surface area contributed by atoms with Crippen LogP contribution in [0.3, 0.4) is 0 Å². The fourth-order valence-electron chi connectivity index (χ4n) is 8.91. The molecule has 0 saturated carbocycles. The molecule has 0 spiro atoms. The maximum atomic E-state index is 2.47. The number of anilines is 3. The number of hydrogen-bond donors (Lipinski definition) is 0. The molecule has 0 radical (unpaired) electrons. The minimum absolute atomic E-state index is 1.10. The van der Waals surface area contributed by atoms with Gasteiger partial charge in [0.2, 0.25) is 0 Å².